The van der Waals surface area contributed by atoms with Crippen molar-refractivity contribution in [2.24, 2.45) is 5.10 Å². The van der Waals surface area contributed by atoms with E-state index < -0.39 is 10.0 Å². The number of aromatic nitrogens is 1. The summed E-state index contributed by atoms with van der Waals surface area (Å²) in [5.41, 5.74) is 5.41. The zero-order chi connectivity index (χ0) is 20.0. The highest BCUT2D eigenvalue weighted by Gasteiger charge is 2.18. The minimum atomic E-state index is -3.48. The van der Waals surface area contributed by atoms with Crippen molar-refractivity contribution in [1.29, 1.82) is 0 Å². The zero-order valence-electron chi connectivity index (χ0n) is 15.5. The summed E-state index contributed by atoms with van der Waals surface area (Å²) in [6, 6.07) is 16.7. The summed E-state index contributed by atoms with van der Waals surface area (Å²) in [4.78, 5) is 4.70. The maximum atomic E-state index is 12.3. The first-order valence-corrected chi connectivity index (χ1v) is 10.8. The Bertz CT molecular complexity index is 1090. The SMILES string of the molecule is CN(C)S(=O)(=O)c1cccc(-c2csc(NN=CC=Cc3ccccc3)n2)c1. The fourth-order valence-electron chi connectivity index (χ4n) is 2.34. The van der Waals surface area contributed by atoms with Crippen LogP contribution in [-0.4, -0.2) is 38.0 Å². The van der Waals surface area contributed by atoms with E-state index in [1.54, 1.807) is 24.4 Å². The molecule has 0 saturated heterocycles. The van der Waals surface area contributed by atoms with Gasteiger partial charge >= 0.3 is 0 Å². The molecule has 144 valence electrons. The molecule has 3 aromatic rings. The van der Waals surface area contributed by atoms with Crippen LogP contribution in [0.4, 0.5) is 5.13 Å². The smallest absolute Gasteiger partial charge is 0.242 e. The van der Waals surface area contributed by atoms with Gasteiger partial charge in [0, 0.05) is 31.3 Å². The second-order valence-electron chi connectivity index (χ2n) is 6.01. The van der Waals surface area contributed by atoms with Crippen molar-refractivity contribution in [1.82, 2.24) is 9.29 Å². The number of nitrogens with one attached hydrogen (secondary N) is 1. The molecule has 2 aromatic carbocycles. The number of thiazole rings is 1. The molecule has 0 amide bonds. The summed E-state index contributed by atoms with van der Waals surface area (Å²) in [5, 5.41) is 6.61. The first kappa shape index (κ1) is 19.9. The third kappa shape index (κ3) is 4.92. The fraction of sp³-hybridized carbons (Fsp3) is 0.100. The highest BCUT2D eigenvalue weighted by atomic mass is 32.2. The number of benzene rings is 2. The van der Waals surface area contributed by atoms with Gasteiger partial charge in [0.25, 0.3) is 0 Å². The molecule has 0 spiro atoms. The highest BCUT2D eigenvalue weighted by molar-refractivity contribution is 7.89. The molecule has 0 fully saturated rings. The lowest BCUT2D eigenvalue weighted by atomic mass is 10.2. The van der Waals surface area contributed by atoms with E-state index in [1.807, 2.05) is 53.9 Å². The van der Waals surface area contributed by atoms with Crippen molar-refractivity contribution in [3.63, 3.8) is 0 Å². The molecule has 6 nitrogen and oxygen atoms in total. The minimum absolute atomic E-state index is 0.238. The second kappa shape index (κ2) is 8.92. The van der Waals surface area contributed by atoms with Crippen molar-refractivity contribution in [3.05, 3.63) is 71.6 Å². The number of allylic oxidation sites excluding steroid dienone is 1. The highest BCUT2D eigenvalue weighted by Crippen LogP contribution is 2.27. The summed E-state index contributed by atoms with van der Waals surface area (Å²) < 4.78 is 25.8. The van der Waals surface area contributed by atoms with Gasteiger partial charge in [0.15, 0.2) is 0 Å². The molecule has 3 rings (SSSR count). The second-order valence-corrected chi connectivity index (χ2v) is 9.02. The summed E-state index contributed by atoms with van der Waals surface area (Å²) in [7, 11) is -0.460. The molecule has 1 heterocycles. The Labute approximate surface area is 168 Å². The van der Waals surface area contributed by atoms with Crippen LogP contribution in [0.15, 0.2) is 76.1 Å². The minimum Gasteiger partial charge on any atom is -0.253 e. The molecule has 0 aliphatic heterocycles. The van der Waals surface area contributed by atoms with E-state index in [4.69, 9.17) is 0 Å². The number of nitrogens with zero attached hydrogens (tertiary/aromatic N) is 3. The predicted octanol–water partition coefficient (Wildman–Crippen LogP) is 4.17. The number of sulfonamides is 1. The Kier molecular flexibility index (Phi) is 6.35. The molecule has 28 heavy (non-hydrogen) atoms. The number of rotatable bonds is 7. The van der Waals surface area contributed by atoms with Crippen molar-refractivity contribution >= 4 is 38.8 Å². The predicted molar refractivity (Wildman–Crippen MR) is 116 cm³/mol. The van der Waals surface area contributed by atoms with E-state index in [2.05, 4.69) is 15.5 Å². The molecule has 0 unspecified atom stereocenters. The van der Waals surface area contributed by atoms with Gasteiger partial charge in [-0.25, -0.2) is 17.7 Å². The standard InChI is InChI=1S/C20H20N4O2S2/c1-24(2)28(25,26)18-12-6-11-17(14-18)19-15-27-20(22-19)23-21-13-7-10-16-8-4-3-5-9-16/h3-15H,1-2H3,(H,22,23). The lowest BCUT2D eigenvalue weighted by Crippen LogP contribution is -2.22. The molecule has 1 aromatic heterocycles. The van der Waals surface area contributed by atoms with Crippen LogP contribution in [0.1, 0.15) is 5.56 Å². The number of anilines is 1. The Morgan fingerprint density at radius 2 is 1.89 bits per heavy atom. The van der Waals surface area contributed by atoms with Gasteiger partial charge in [0.1, 0.15) is 0 Å². The lowest BCUT2D eigenvalue weighted by Gasteiger charge is -2.11. The average molecular weight is 413 g/mol. The first-order chi connectivity index (χ1) is 13.5. The van der Waals surface area contributed by atoms with E-state index in [1.165, 1.54) is 29.7 Å². The molecular weight excluding hydrogens is 392 g/mol. The first-order valence-electron chi connectivity index (χ1n) is 8.46. The Hall–Kier alpha value is -2.81. The van der Waals surface area contributed by atoms with Crippen LogP contribution in [-0.2, 0) is 10.0 Å². The van der Waals surface area contributed by atoms with Crippen LogP contribution in [0.5, 0.6) is 0 Å². The van der Waals surface area contributed by atoms with Crippen molar-refractivity contribution < 1.29 is 8.42 Å². The van der Waals surface area contributed by atoms with E-state index >= 15 is 0 Å². The third-order valence-corrected chi connectivity index (χ3v) is 6.38. The molecular formula is C20H20N4O2S2. The summed E-state index contributed by atoms with van der Waals surface area (Å²) in [6.07, 6.45) is 5.44. The summed E-state index contributed by atoms with van der Waals surface area (Å²) in [5.74, 6) is 0. The quantitative estimate of drug-likeness (QED) is 0.467. The van der Waals surface area contributed by atoms with Gasteiger partial charge in [-0.1, -0.05) is 48.5 Å². The summed E-state index contributed by atoms with van der Waals surface area (Å²) >= 11 is 1.40. The largest absolute Gasteiger partial charge is 0.253 e. The van der Waals surface area contributed by atoms with Crippen LogP contribution in [0.25, 0.3) is 17.3 Å². The topological polar surface area (TPSA) is 74.7 Å². The van der Waals surface area contributed by atoms with Gasteiger partial charge in [0.2, 0.25) is 15.2 Å². The van der Waals surface area contributed by atoms with Crippen LogP contribution >= 0.6 is 11.3 Å². The van der Waals surface area contributed by atoms with E-state index in [0.29, 0.717) is 10.8 Å². The Morgan fingerprint density at radius 1 is 1.11 bits per heavy atom. The van der Waals surface area contributed by atoms with Crippen molar-refractivity contribution in [3.8, 4) is 11.3 Å². The monoisotopic (exact) mass is 412 g/mol. The molecule has 0 radical (unpaired) electrons. The van der Waals surface area contributed by atoms with E-state index in [9.17, 15) is 8.42 Å². The summed E-state index contributed by atoms with van der Waals surface area (Å²) in [6.45, 7) is 0. The fourth-order valence-corrected chi connectivity index (χ4v) is 3.95. The van der Waals surface area contributed by atoms with Crippen molar-refractivity contribution in [2.45, 2.75) is 4.90 Å². The van der Waals surface area contributed by atoms with Gasteiger partial charge in [-0.3, -0.25) is 5.43 Å². The van der Waals surface area contributed by atoms with E-state index in [0.717, 1.165) is 11.1 Å². The normalized spacial score (nSPS) is 12.2. The number of hydrogen-bond donors (Lipinski definition) is 1. The van der Waals surface area contributed by atoms with Gasteiger partial charge < -0.3 is 0 Å². The number of hydrogen-bond acceptors (Lipinski definition) is 6. The van der Waals surface area contributed by atoms with Gasteiger partial charge in [0.05, 0.1) is 10.6 Å². The Morgan fingerprint density at radius 3 is 2.64 bits per heavy atom. The van der Waals surface area contributed by atoms with Crippen LogP contribution in [0.3, 0.4) is 0 Å². The molecule has 8 heteroatoms. The van der Waals surface area contributed by atoms with Crippen LogP contribution in [0, 0.1) is 0 Å². The van der Waals surface area contributed by atoms with Crippen LogP contribution in [0.2, 0.25) is 0 Å². The molecule has 0 atom stereocenters. The molecule has 0 aliphatic carbocycles. The number of hydrazone groups is 1. The average Bonchev–Trinajstić information content (AvgIpc) is 3.17. The van der Waals surface area contributed by atoms with Crippen molar-refractivity contribution in [2.75, 3.05) is 19.5 Å². The molecule has 0 bridgehead atoms. The molecule has 0 saturated carbocycles. The van der Waals surface area contributed by atoms with Gasteiger partial charge in [-0.15, -0.1) is 11.3 Å². The lowest BCUT2D eigenvalue weighted by molar-refractivity contribution is 0.521. The van der Waals surface area contributed by atoms with Gasteiger partial charge in [-0.05, 0) is 23.8 Å². The zero-order valence-corrected chi connectivity index (χ0v) is 17.1. The van der Waals surface area contributed by atoms with E-state index in [-0.39, 0.29) is 4.90 Å². The van der Waals surface area contributed by atoms with Crippen LogP contribution < -0.4 is 5.43 Å². The Balaban J connectivity index is 1.67. The molecule has 0 aliphatic rings. The van der Waals surface area contributed by atoms with Gasteiger partial charge in [-0.2, -0.15) is 5.10 Å². The maximum absolute atomic E-state index is 12.3. The maximum Gasteiger partial charge on any atom is 0.242 e. The molecule has 1 N–H and O–H groups in total. The third-order valence-electron chi connectivity index (χ3n) is 3.82.